The topological polar surface area (TPSA) is 80.8 Å². The number of piperidine rings is 1. The van der Waals surface area contributed by atoms with Gasteiger partial charge in [0.25, 0.3) is 0 Å². The number of rotatable bonds is 7. The number of pyridine rings is 1. The van der Waals surface area contributed by atoms with Crippen LogP contribution in [0.4, 0.5) is 4.79 Å². The van der Waals surface area contributed by atoms with Crippen LogP contribution in [0, 0.1) is 0 Å². The van der Waals surface area contributed by atoms with E-state index in [0.717, 1.165) is 31.2 Å². The second kappa shape index (κ2) is 9.91. The summed E-state index contributed by atoms with van der Waals surface area (Å²) in [6.45, 7) is 7.64. The lowest BCUT2D eigenvalue weighted by atomic mass is 9.88. The summed E-state index contributed by atoms with van der Waals surface area (Å²) in [6, 6.07) is 3.56. The Balaban J connectivity index is 1.99. The first-order valence-corrected chi connectivity index (χ1v) is 9.03. The van der Waals surface area contributed by atoms with E-state index in [9.17, 15) is 9.59 Å². The van der Waals surface area contributed by atoms with Crippen molar-refractivity contribution in [2.75, 3.05) is 26.7 Å². The Morgan fingerprint density at radius 2 is 2.12 bits per heavy atom. The van der Waals surface area contributed by atoms with E-state index in [4.69, 9.17) is 9.57 Å². The third-order valence-corrected chi connectivity index (χ3v) is 4.47. The van der Waals surface area contributed by atoms with E-state index in [2.05, 4.69) is 24.0 Å². The molecular formula is C19H27N3O4. The molecule has 1 amide bonds. The smallest absolute Gasteiger partial charge is 0.409 e. The van der Waals surface area contributed by atoms with Crippen LogP contribution in [0.1, 0.15) is 60.3 Å². The number of ether oxygens (including phenoxy) is 1. The molecule has 1 N–H and O–H groups in total. The number of nitrogens with one attached hydrogen (secondary N) is 1. The molecule has 7 nitrogen and oxygen atoms in total. The normalized spacial score (nSPS) is 14.8. The standard InChI is InChI=1S/C19H27N3O4/c1-4-6-13-25-19(24)22-11-9-14(10-12-22)15-7-8-17(18(23)26-20-3)21-16(15)5-2/h5,7-8,14,20H,2,4,6,9-13H2,1,3H3. The number of likely N-dealkylation sites (tertiary alicyclic amines) is 1. The summed E-state index contributed by atoms with van der Waals surface area (Å²) in [5.41, 5.74) is 4.30. The Labute approximate surface area is 154 Å². The molecule has 142 valence electrons. The van der Waals surface area contributed by atoms with Gasteiger partial charge in [-0.25, -0.2) is 14.6 Å². The minimum absolute atomic E-state index is 0.231. The maximum atomic E-state index is 12.0. The van der Waals surface area contributed by atoms with Gasteiger partial charge in [0.2, 0.25) is 0 Å². The maximum Gasteiger partial charge on any atom is 0.409 e. The number of hydrogen-bond acceptors (Lipinski definition) is 6. The first-order chi connectivity index (χ1) is 12.6. The fraction of sp³-hybridized carbons (Fsp3) is 0.526. The number of unbranched alkanes of at least 4 members (excludes halogenated alkanes) is 1. The first-order valence-electron chi connectivity index (χ1n) is 9.03. The number of amides is 1. The molecule has 0 aromatic carbocycles. The van der Waals surface area contributed by atoms with Gasteiger partial charge in [-0.1, -0.05) is 26.0 Å². The molecule has 2 rings (SSSR count). The number of aromatic nitrogens is 1. The molecule has 0 radical (unpaired) electrons. The van der Waals surface area contributed by atoms with Crippen molar-refractivity contribution in [2.45, 2.75) is 38.5 Å². The quantitative estimate of drug-likeness (QED) is 0.594. The first kappa shape index (κ1) is 19.9. The lowest BCUT2D eigenvalue weighted by Gasteiger charge is -2.32. The Hall–Kier alpha value is -2.41. The molecule has 1 saturated heterocycles. The Kier molecular flexibility index (Phi) is 7.59. The van der Waals surface area contributed by atoms with E-state index < -0.39 is 5.97 Å². The third kappa shape index (κ3) is 5.05. The van der Waals surface area contributed by atoms with E-state index in [-0.39, 0.29) is 17.7 Å². The van der Waals surface area contributed by atoms with Crippen LogP contribution >= 0.6 is 0 Å². The van der Waals surface area contributed by atoms with Gasteiger partial charge < -0.3 is 14.5 Å². The van der Waals surface area contributed by atoms with Crippen molar-refractivity contribution in [1.82, 2.24) is 15.4 Å². The Morgan fingerprint density at radius 1 is 1.38 bits per heavy atom. The summed E-state index contributed by atoms with van der Waals surface area (Å²) in [6.07, 6.45) is 4.96. The molecule has 1 fully saturated rings. The predicted molar refractivity (Wildman–Crippen MR) is 98.6 cm³/mol. The van der Waals surface area contributed by atoms with Gasteiger partial charge in [-0.05, 0) is 42.9 Å². The average molecular weight is 361 g/mol. The van der Waals surface area contributed by atoms with Crippen molar-refractivity contribution in [3.8, 4) is 0 Å². The number of hydrogen-bond donors (Lipinski definition) is 1. The summed E-state index contributed by atoms with van der Waals surface area (Å²) in [5, 5.41) is 0. The van der Waals surface area contributed by atoms with Crippen LogP contribution in [0.2, 0.25) is 0 Å². The second-order valence-corrected chi connectivity index (χ2v) is 6.20. The lowest BCUT2D eigenvalue weighted by molar-refractivity contribution is 0.0302. The molecule has 0 bridgehead atoms. The van der Waals surface area contributed by atoms with Crippen molar-refractivity contribution in [3.63, 3.8) is 0 Å². The van der Waals surface area contributed by atoms with Gasteiger partial charge in [0.1, 0.15) is 0 Å². The van der Waals surface area contributed by atoms with E-state index in [1.807, 2.05) is 6.07 Å². The SMILES string of the molecule is C=Cc1nc(C(=O)ONC)ccc1C1CCN(C(=O)OCCCC)CC1. The van der Waals surface area contributed by atoms with Crippen molar-refractivity contribution in [3.05, 3.63) is 35.7 Å². The summed E-state index contributed by atoms with van der Waals surface area (Å²) >= 11 is 0. The number of hydroxylamine groups is 1. The Bertz CT molecular complexity index is 640. The van der Waals surface area contributed by atoms with Gasteiger partial charge in [-0.2, -0.15) is 5.48 Å². The summed E-state index contributed by atoms with van der Waals surface area (Å²) in [4.78, 5) is 34.7. The highest BCUT2D eigenvalue weighted by atomic mass is 16.7. The molecule has 1 aromatic heterocycles. The van der Waals surface area contributed by atoms with E-state index in [0.29, 0.717) is 25.4 Å². The second-order valence-electron chi connectivity index (χ2n) is 6.20. The van der Waals surface area contributed by atoms with Crippen molar-refractivity contribution in [2.24, 2.45) is 0 Å². The minimum Gasteiger partial charge on any atom is -0.449 e. The van der Waals surface area contributed by atoms with Gasteiger partial charge in [-0.3, -0.25) is 0 Å². The van der Waals surface area contributed by atoms with E-state index in [1.54, 1.807) is 17.0 Å². The molecule has 1 aliphatic heterocycles. The fourth-order valence-electron chi connectivity index (χ4n) is 3.02. The summed E-state index contributed by atoms with van der Waals surface area (Å²) in [5.74, 6) is -0.267. The maximum absolute atomic E-state index is 12.0. The minimum atomic E-state index is -0.535. The average Bonchev–Trinajstić information content (AvgIpc) is 2.68. The molecule has 1 aromatic rings. The monoisotopic (exact) mass is 361 g/mol. The van der Waals surface area contributed by atoms with Gasteiger partial charge in [0.05, 0.1) is 12.3 Å². The van der Waals surface area contributed by atoms with Crippen molar-refractivity contribution >= 4 is 18.1 Å². The molecule has 7 heteroatoms. The summed E-state index contributed by atoms with van der Waals surface area (Å²) in [7, 11) is 1.52. The Morgan fingerprint density at radius 3 is 2.73 bits per heavy atom. The molecule has 1 aliphatic rings. The number of carbonyl (C=O) groups excluding carboxylic acids is 2. The van der Waals surface area contributed by atoms with Gasteiger partial charge in [0.15, 0.2) is 5.69 Å². The molecule has 2 heterocycles. The molecule has 0 atom stereocenters. The third-order valence-electron chi connectivity index (χ3n) is 4.47. The zero-order valence-corrected chi connectivity index (χ0v) is 15.5. The van der Waals surface area contributed by atoms with Crippen molar-refractivity contribution < 1.29 is 19.2 Å². The van der Waals surface area contributed by atoms with Gasteiger partial charge in [-0.15, -0.1) is 0 Å². The predicted octanol–water partition coefficient (Wildman–Crippen LogP) is 3.13. The van der Waals surface area contributed by atoms with Gasteiger partial charge >= 0.3 is 12.1 Å². The van der Waals surface area contributed by atoms with Crippen LogP contribution in [0.3, 0.4) is 0 Å². The van der Waals surface area contributed by atoms with Gasteiger partial charge in [0, 0.05) is 20.1 Å². The fourth-order valence-corrected chi connectivity index (χ4v) is 3.02. The van der Waals surface area contributed by atoms with E-state index in [1.165, 1.54) is 7.05 Å². The molecule has 0 unspecified atom stereocenters. The highest BCUT2D eigenvalue weighted by Crippen LogP contribution is 2.30. The van der Waals surface area contributed by atoms with Crippen LogP contribution in [-0.2, 0) is 9.57 Å². The van der Waals surface area contributed by atoms with E-state index >= 15 is 0 Å². The zero-order chi connectivity index (χ0) is 18.9. The van der Waals surface area contributed by atoms with Crippen LogP contribution in [0.25, 0.3) is 6.08 Å². The van der Waals surface area contributed by atoms with Crippen LogP contribution in [0.15, 0.2) is 18.7 Å². The lowest BCUT2D eigenvalue weighted by Crippen LogP contribution is -2.38. The highest BCUT2D eigenvalue weighted by molar-refractivity contribution is 5.87. The molecule has 26 heavy (non-hydrogen) atoms. The van der Waals surface area contributed by atoms with Crippen LogP contribution in [-0.4, -0.2) is 48.7 Å². The highest BCUT2D eigenvalue weighted by Gasteiger charge is 2.26. The molecule has 0 spiro atoms. The number of carbonyl (C=O) groups is 2. The zero-order valence-electron chi connectivity index (χ0n) is 15.5. The molecule has 0 saturated carbocycles. The van der Waals surface area contributed by atoms with Crippen LogP contribution < -0.4 is 5.48 Å². The van der Waals surface area contributed by atoms with Crippen molar-refractivity contribution in [1.29, 1.82) is 0 Å². The summed E-state index contributed by atoms with van der Waals surface area (Å²) < 4.78 is 5.27. The number of nitrogens with zero attached hydrogens (tertiary/aromatic N) is 2. The largest absolute Gasteiger partial charge is 0.449 e. The molecule has 0 aliphatic carbocycles. The van der Waals surface area contributed by atoms with Crippen LogP contribution in [0.5, 0.6) is 0 Å². The molecular weight excluding hydrogens is 334 g/mol.